The van der Waals surface area contributed by atoms with Crippen molar-refractivity contribution in [2.75, 3.05) is 26.9 Å². The summed E-state index contributed by atoms with van der Waals surface area (Å²) in [6.07, 6.45) is 3.13. The monoisotopic (exact) mass is 711 g/mol. The van der Waals surface area contributed by atoms with Crippen molar-refractivity contribution in [2.45, 2.75) is 96.9 Å². The van der Waals surface area contributed by atoms with Crippen molar-refractivity contribution in [1.29, 1.82) is 0 Å². The van der Waals surface area contributed by atoms with Gasteiger partial charge in [0.25, 0.3) is 5.91 Å². The first-order valence-corrected chi connectivity index (χ1v) is 17.0. The zero-order valence-corrected chi connectivity index (χ0v) is 30.4. The Morgan fingerprint density at radius 1 is 1.04 bits per heavy atom. The van der Waals surface area contributed by atoms with Crippen molar-refractivity contribution >= 4 is 46.8 Å². The summed E-state index contributed by atoms with van der Waals surface area (Å²) >= 11 is 0. The van der Waals surface area contributed by atoms with Crippen molar-refractivity contribution in [1.82, 2.24) is 26.1 Å². The number of pyridine rings is 1. The van der Waals surface area contributed by atoms with Gasteiger partial charge in [0.05, 0.1) is 31.5 Å². The van der Waals surface area contributed by atoms with Gasteiger partial charge >= 0.3 is 18.0 Å². The average molecular weight is 712 g/mol. The highest BCUT2D eigenvalue weighted by Gasteiger charge is 2.42. The van der Waals surface area contributed by atoms with Gasteiger partial charge < -0.3 is 34.3 Å². The minimum atomic E-state index is -1.36. The van der Waals surface area contributed by atoms with E-state index in [9.17, 15) is 24.0 Å². The highest BCUT2D eigenvalue weighted by molar-refractivity contribution is 5.91. The van der Waals surface area contributed by atoms with Crippen LogP contribution in [-0.2, 0) is 42.9 Å². The van der Waals surface area contributed by atoms with Crippen LogP contribution in [0.15, 0.2) is 36.4 Å². The maximum atomic E-state index is 13.4. The molecule has 0 radical (unpaired) electrons. The third-order valence-electron chi connectivity index (χ3n) is 8.59. The van der Waals surface area contributed by atoms with Crippen LogP contribution in [0.5, 0.6) is 0 Å². The van der Waals surface area contributed by atoms with E-state index in [1.165, 1.54) is 26.0 Å². The van der Waals surface area contributed by atoms with Gasteiger partial charge in [-0.3, -0.25) is 24.2 Å². The molecule has 0 aliphatic carbocycles. The lowest BCUT2D eigenvalue weighted by Crippen LogP contribution is -2.61. The predicted octanol–water partition coefficient (Wildman–Crippen LogP) is 3.32. The number of rotatable bonds is 11. The van der Waals surface area contributed by atoms with E-state index in [1.54, 1.807) is 46.8 Å². The van der Waals surface area contributed by atoms with Gasteiger partial charge in [-0.15, -0.1) is 0 Å². The molecule has 0 saturated carbocycles. The molecule has 15 heteroatoms. The van der Waals surface area contributed by atoms with E-state index >= 15 is 0 Å². The summed E-state index contributed by atoms with van der Waals surface area (Å²) in [7, 11) is 1.28. The quantitative estimate of drug-likeness (QED) is 0.229. The van der Waals surface area contributed by atoms with E-state index in [2.05, 4.69) is 21.0 Å². The maximum Gasteiger partial charge on any atom is 0.408 e. The number of ether oxygens (including phenoxy) is 5. The number of methoxy groups -OCH3 is 1. The lowest BCUT2D eigenvalue weighted by atomic mass is 10.0. The third kappa shape index (κ3) is 10.5. The standard InChI is InChI=1S/C36H49N5O10/c1-21(2)30(31(43)37-22(3)32(44)41-17-9-10-28(40-41)33(45)47-8)39-34(46)51-36(19-48-35(6,7)49-20-36)16-15-25-11-12-26-13-14-27(38-29(26)18-25)23(4)50-24(5)42/h11-16,18,21-23,28,30,40H,9-10,17,19-20H2,1-8H3,(H,37,43)(H,39,46)/b16-15+/t22-,23+,28-,30-/m0/s1. The highest BCUT2D eigenvalue weighted by Crippen LogP contribution is 2.29. The Morgan fingerprint density at radius 2 is 1.73 bits per heavy atom. The first-order chi connectivity index (χ1) is 24.0. The number of alkyl carbamates (subject to hydrolysis) is 1. The van der Waals surface area contributed by atoms with Crippen LogP contribution in [-0.4, -0.2) is 96.2 Å². The average Bonchev–Trinajstić information content (AvgIpc) is 3.09. The number of esters is 2. The van der Waals surface area contributed by atoms with E-state index < -0.39 is 65.5 Å². The molecule has 4 rings (SSSR count). The molecule has 2 aliphatic rings. The number of carbonyl (C=O) groups is 5. The zero-order chi connectivity index (χ0) is 37.5. The summed E-state index contributed by atoms with van der Waals surface area (Å²) < 4.78 is 27.8. The number of hydrogen-bond donors (Lipinski definition) is 3. The Bertz CT molecular complexity index is 1630. The van der Waals surface area contributed by atoms with E-state index in [4.69, 9.17) is 23.7 Å². The Kier molecular flexibility index (Phi) is 12.8. The summed E-state index contributed by atoms with van der Waals surface area (Å²) in [6, 6.07) is 6.66. The fraction of sp³-hybridized carbons (Fsp3) is 0.556. The van der Waals surface area contributed by atoms with Crippen LogP contribution < -0.4 is 16.1 Å². The van der Waals surface area contributed by atoms with E-state index in [1.807, 2.05) is 30.3 Å². The number of fused-ring (bicyclic) bond motifs is 1. The number of benzene rings is 1. The van der Waals surface area contributed by atoms with Crippen LogP contribution in [0.4, 0.5) is 4.79 Å². The molecular formula is C36H49N5O10. The molecule has 4 atom stereocenters. The molecule has 2 aliphatic heterocycles. The van der Waals surface area contributed by atoms with Gasteiger partial charge in [0.15, 0.2) is 11.4 Å². The Morgan fingerprint density at radius 3 is 2.37 bits per heavy atom. The molecule has 0 bridgehead atoms. The molecule has 1 aromatic carbocycles. The van der Waals surface area contributed by atoms with Crippen molar-refractivity contribution < 1.29 is 47.7 Å². The lowest BCUT2D eigenvalue weighted by molar-refractivity contribution is -0.289. The molecule has 0 unspecified atom stereocenters. The van der Waals surface area contributed by atoms with Crippen molar-refractivity contribution in [2.24, 2.45) is 5.92 Å². The number of hydrazine groups is 1. The summed E-state index contributed by atoms with van der Waals surface area (Å²) in [4.78, 5) is 68.0. The van der Waals surface area contributed by atoms with Crippen LogP contribution in [0, 0.1) is 5.92 Å². The molecule has 15 nitrogen and oxygen atoms in total. The van der Waals surface area contributed by atoms with Gasteiger partial charge in [-0.05, 0) is 70.2 Å². The number of amides is 3. The largest absolute Gasteiger partial charge is 0.468 e. The number of carbonyl (C=O) groups excluding carboxylic acids is 5. The van der Waals surface area contributed by atoms with E-state index in [0.717, 1.165) is 10.9 Å². The molecule has 3 heterocycles. The fourth-order valence-electron chi connectivity index (χ4n) is 5.63. The number of hydrogen-bond acceptors (Lipinski definition) is 12. The first kappa shape index (κ1) is 39.2. The van der Waals surface area contributed by atoms with Gasteiger partial charge in [-0.1, -0.05) is 38.1 Å². The molecule has 1 aromatic heterocycles. The van der Waals surface area contributed by atoms with Crippen molar-refractivity contribution in [3.8, 4) is 0 Å². The fourth-order valence-corrected chi connectivity index (χ4v) is 5.63. The number of nitrogens with one attached hydrogen (secondary N) is 3. The second-order valence-corrected chi connectivity index (χ2v) is 13.6. The van der Waals surface area contributed by atoms with E-state index in [0.29, 0.717) is 30.6 Å². The van der Waals surface area contributed by atoms with Crippen molar-refractivity contribution in [3.63, 3.8) is 0 Å². The molecule has 3 amide bonds. The first-order valence-electron chi connectivity index (χ1n) is 17.0. The molecule has 0 spiro atoms. The summed E-state index contributed by atoms with van der Waals surface area (Å²) in [6.45, 7) is 11.9. The van der Waals surface area contributed by atoms with Gasteiger partial charge in [-0.2, -0.15) is 0 Å². The Hall–Kier alpha value is -4.60. The molecule has 2 saturated heterocycles. The predicted molar refractivity (Wildman–Crippen MR) is 185 cm³/mol. The molecule has 278 valence electrons. The smallest absolute Gasteiger partial charge is 0.408 e. The molecule has 2 aromatic rings. The minimum Gasteiger partial charge on any atom is -0.468 e. The Labute approximate surface area is 297 Å². The zero-order valence-electron chi connectivity index (χ0n) is 30.4. The Balaban J connectivity index is 1.46. The number of nitrogens with zero attached hydrogens (tertiary/aromatic N) is 2. The van der Waals surface area contributed by atoms with Gasteiger partial charge in [0, 0.05) is 18.9 Å². The molecule has 2 fully saturated rings. The minimum absolute atomic E-state index is 0.0285. The summed E-state index contributed by atoms with van der Waals surface area (Å²) in [5.41, 5.74) is 3.53. The van der Waals surface area contributed by atoms with Crippen LogP contribution in [0.25, 0.3) is 17.0 Å². The van der Waals surface area contributed by atoms with E-state index in [-0.39, 0.29) is 19.1 Å². The highest BCUT2D eigenvalue weighted by atomic mass is 16.7. The lowest BCUT2D eigenvalue weighted by Gasteiger charge is -2.41. The van der Waals surface area contributed by atoms with Crippen molar-refractivity contribution in [3.05, 3.63) is 47.7 Å². The van der Waals surface area contributed by atoms with Crippen LogP contribution in [0.2, 0.25) is 0 Å². The SMILES string of the molecule is COC(=O)[C@@H]1CCCN(C(=O)[C@H](C)NC(=O)[C@@H](NC(=O)OC2(/C=C/c3ccc4ccc([C@@H](C)OC(C)=O)nc4c3)COC(C)(C)OC2)C(C)C)N1. The second kappa shape index (κ2) is 16.6. The molecule has 3 N–H and O–H groups in total. The molecular weight excluding hydrogens is 662 g/mol. The topological polar surface area (TPSA) is 184 Å². The van der Waals surface area contributed by atoms with Gasteiger partial charge in [-0.25, -0.2) is 15.2 Å². The van der Waals surface area contributed by atoms with Crippen LogP contribution in [0.3, 0.4) is 0 Å². The normalized spacial score (nSPS) is 20.3. The molecule has 51 heavy (non-hydrogen) atoms. The maximum absolute atomic E-state index is 13.4. The van der Waals surface area contributed by atoms with Crippen LogP contribution >= 0.6 is 0 Å². The van der Waals surface area contributed by atoms with Crippen LogP contribution in [0.1, 0.15) is 78.7 Å². The van der Waals surface area contributed by atoms with Gasteiger partial charge in [0.1, 0.15) is 24.2 Å². The third-order valence-corrected chi connectivity index (χ3v) is 8.59. The summed E-state index contributed by atoms with van der Waals surface area (Å²) in [5.74, 6) is -3.20. The summed E-state index contributed by atoms with van der Waals surface area (Å²) in [5, 5.41) is 7.51. The van der Waals surface area contributed by atoms with Gasteiger partial charge in [0.2, 0.25) is 5.91 Å². The second-order valence-electron chi connectivity index (χ2n) is 13.6. The number of aromatic nitrogens is 1.